The van der Waals surface area contributed by atoms with Gasteiger partial charge in [-0.25, -0.2) is 0 Å². The third-order valence-corrected chi connectivity index (χ3v) is 2.79. The van der Waals surface area contributed by atoms with E-state index in [4.69, 9.17) is 5.11 Å². The molecule has 0 rings (SSSR count). The van der Waals surface area contributed by atoms with Crippen molar-refractivity contribution >= 4 is 11.9 Å². The Kier molecular flexibility index (Phi) is 8.21. The second kappa shape index (κ2) is 8.78. The molecule has 0 heterocycles. The van der Waals surface area contributed by atoms with Gasteiger partial charge in [-0.2, -0.15) is 13.2 Å². The van der Waals surface area contributed by atoms with Gasteiger partial charge in [-0.1, -0.05) is 13.3 Å². The van der Waals surface area contributed by atoms with Crippen LogP contribution in [0.5, 0.6) is 0 Å². The van der Waals surface area contributed by atoms with Crippen molar-refractivity contribution in [1.82, 2.24) is 10.6 Å². The van der Waals surface area contributed by atoms with Gasteiger partial charge in [-0.3, -0.25) is 9.59 Å². The van der Waals surface area contributed by atoms with E-state index in [0.29, 0.717) is 19.3 Å². The molecule has 1 amide bonds. The molecule has 0 aromatic heterocycles. The van der Waals surface area contributed by atoms with Crippen molar-refractivity contribution in [2.75, 3.05) is 13.1 Å². The molecule has 3 N–H and O–H groups in total. The van der Waals surface area contributed by atoms with Crippen LogP contribution >= 0.6 is 0 Å². The number of carbonyl (C=O) groups is 2. The lowest BCUT2D eigenvalue weighted by Gasteiger charge is -2.15. The van der Waals surface area contributed by atoms with Gasteiger partial charge < -0.3 is 15.7 Å². The fourth-order valence-electron chi connectivity index (χ4n) is 1.48. The van der Waals surface area contributed by atoms with E-state index in [9.17, 15) is 22.8 Å². The zero-order chi connectivity index (χ0) is 15.8. The van der Waals surface area contributed by atoms with E-state index in [-0.39, 0.29) is 12.6 Å². The van der Waals surface area contributed by atoms with Gasteiger partial charge in [0.2, 0.25) is 5.91 Å². The van der Waals surface area contributed by atoms with Crippen molar-refractivity contribution in [1.29, 1.82) is 0 Å². The molecule has 0 aliphatic heterocycles. The second-order valence-corrected chi connectivity index (χ2v) is 4.84. The summed E-state index contributed by atoms with van der Waals surface area (Å²) in [6, 6.07) is -0.0624. The quantitative estimate of drug-likeness (QED) is 0.603. The highest BCUT2D eigenvalue weighted by Crippen LogP contribution is 2.12. The summed E-state index contributed by atoms with van der Waals surface area (Å²) in [4.78, 5) is 21.7. The maximum atomic E-state index is 11.8. The Morgan fingerprint density at radius 3 is 2.30 bits per heavy atom. The van der Waals surface area contributed by atoms with Gasteiger partial charge in [0.05, 0.1) is 12.5 Å². The minimum atomic E-state index is -4.41. The molecule has 8 heteroatoms. The Bertz CT molecular complexity index is 322. The smallest absolute Gasteiger partial charge is 0.405 e. The van der Waals surface area contributed by atoms with Crippen LogP contribution in [0.2, 0.25) is 0 Å². The molecule has 118 valence electrons. The van der Waals surface area contributed by atoms with Crippen LogP contribution < -0.4 is 10.6 Å². The summed E-state index contributed by atoms with van der Waals surface area (Å²) in [6.07, 6.45) is -2.55. The van der Waals surface area contributed by atoms with E-state index in [1.807, 2.05) is 0 Å². The highest BCUT2D eigenvalue weighted by molar-refractivity contribution is 5.78. The van der Waals surface area contributed by atoms with Gasteiger partial charge in [0.15, 0.2) is 0 Å². The molecule has 20 heavy (non-hydrogen) atoms. The number of hydrogen-bond donors (Lipinski definition) is 3. The normalized spacial score (nSPS) is 14.7. The molecule has 0 spiro atoms. The first-order valence-corrected chi connectivity index (χ1v) is 6.41. The van der Waals surface area contributed by atoms with E-state index in [0.717, 1.165) is 0 Å². The summed E-state index contributed by atoms with van der Waals surface area (Å²) in [5, 5.41) is 13.2. The molecular formula is C12H21F3N2O3. The number of hydrogen-bond acceptors (Lipinski definition) is 3. The van der Waals surface area contributed by atoms with Crippen molar-refractivity contribution in [3.8, 4) is 0 Å². The van der Waals surface area contributed by atoms with Crippen molar-refractivity contribution in [2.24, 2.45) is 5.92 Å². The number of rotatable bonds is 9. The minimum absolute atomic E-state index is 0.0624. The minimum Gasteiger partial charge on any atom is -0.481 e. The lowest BCUT2D eigenvalue weighted by Crippen LogP contribution is -2.41. The third-order valence-electron chi connectivity index (χ3n) is 2.79. The zero-order valence-corrected chi connectivity index (χ0v) is 11.6. The number of aliphatic carboxylic acids is 1. The number of amides is 1. The Labute approximate surface area is 115 Å². The fourth-order valence-corrected chi connectivity index (χ4v) is 1.48. The van der Waals surface area contributed by atoms with Crippen LogP contribution in [0, 0.1) is 5.92 Å². The summed E-state index contributed by atoms with van der Waals surface area (Å²) < 4.78 is 35.5. The highest BCUT2D eigenvalue weighted by atomic mass is 19.4. The molecule has 0 bridgehead atoms. The second-order valence-electron chi connectivity index (χ2n) is 4.84. The predicted octanol–water partition coefficient (Wildman–Crippen LogP) is 1.53. The van der Waals surface area contributed by atoms with Crippen molar-refractivity contribution in [3.63, 3.8) is 0 Å². The average Bonchev–Trinajstić information content (AvgIpc) is 2.32. The topological polar surface area (TPSA) is 78.4 Å². The molecule has 5 nitrogen and oxygen atoms in total. The molecule has 0 aromatic rings. The van der Waals surface area contributed by atoms with Crippen LogP contribution in [-0.2, 0) is 9.59 Å². The van der Waals surface area contributed by atoms with Crippen molar-refractivity contribution in [2.45, 2.75) is 45.3 Å². The first-order valence-electron chi connectivity index (χ1n) is 6.41. The maximum Gasteiger partial charge on any atom is 0.405 e. The Morgan fingerprint density at radius 1 is 1.20 bits per heavy atom. The van der Waals surface area contributed by atoms with Gasteiger partial charge in [0, 0.05) is 6.04 Å². The van der Waals surface area contributed by atoms with Crippen LogP contribution in [0.1, 0.15) is 33.1 Å². The molecule has 0 aliphatic carbocycles. The molecule has 0 radical (unpaired) electrons. The number of alkyl halides is 3. The molecule has 2 atom stereocenters. The van der Waals surface area contributed by atoms with E-state index < -0.39 is 30.5 Å². The predicted molar refractivity (Wildman–Crippen MR) is 67.2 cm³/mol. The SMILES string of the molecule is CC(CCCC(C)C(=O)O)NCC(=O)NCC(F)(F)F. The first-order chi connectivity index (χ1) is 9.11. The average molecular weight is 298 g/mol. The van der Waals surface area contributed by atoms with Crippen LogP contribution in [0.3, 0.4) is 0 Å². The number of carboxylic acid groups (broad SMARTS) is 1. The van der Waals surface area contributed by atoms with Crippen LogP contribution in [0.4, 0.5) is 13.2 Å². The number of carbonyl (C=O) groups excluding carboxylic acids is 1. The summed E-state index contributed by atoms with van der Waals surface area (Å²) in [5.74, 6) is -1.98. The number of nitrogens with one attached hydrogen (secondary N) is 2. The van der Waals surface area contributed by atoms with Gasteiger partial charge in [-0.05, 0) is 19.8 Å². The standard InChI is InChI=1S/C12H21F3N2O3/c1-8(11(19)20)4-3-5-9(2)16-6-10(18)17-7-12(13,14)15/h8-9,16H,3-7H2,1-2H3,(H,17,18)(H,19,20). The number of carboxylic acids is 1. The summed E-state index contributed by atoms with van der Waals surface area (Å²) in [7, 11) is 0. The maximum absolute atomic E-state index is 11.8. The molecule has 0 aromatic carbocycles. The molecule has 0 fully saturated rings. The fraction of sp³-hybridized carbons (Fsp3) is 0.833. The van der Waals surface area contributed by atoms with E-state index >= 15 is 0 Å². The largest absolute Gasteiger partial charge is 0.481 e. The highest BCUT2D eigenvalue weighted by Gasteiger charge is 2.27. The van der Waals surface area contributed by atoms with Crippen molar-refractivity contribution in [3.05, 3.63) is 0 Å². The third kappa shape index (κ3) is 10.6. The molecule has 0 saturated heterocycles. The molecular weight excluding hydrogens is 277 g/mol. The first kappa shape index (κ1) is 18.7. The summed E-state index contributed by atoms with van der Waals surface area (Å²) in [6.45, 7) is 1.89. The lowest BCUT2D eigenvalue weighted by molar-refractivity contribution is -0.141. The van der Waals surface area contributed by atoms with Gasteiger partial charge in [0.1, 0.15) is 6.54 Å². The molecule has 0 aliphatic rings. The Balaban J connectivity index is 3.69. The van der Waals surface area contributed by atoms with Crippen molar-refractivity contribution < 1.29 is 27.9 Å². The number of halogens is 3. The Morgan fingerprint density at radius 2 is 1.80 bits per heavy atom. The van der Waals surface area contributed by atoms with E-state index in [2.05, 4.69) is 5.32 Å². The van der Waals surface area contributed by atoms with E-state index in [1.165, 1.54) is 0 Å². The molecule has 0 saturated carbocycles. The van der Waals surface area contributed by atoms with Gasteiger partial charge in [0.25, 0.3) is 0 Å². The van der Waals surface area contributed by atoms with Crippen LogP contribution in [0.15, 0.2) is 0 Å². The monoisotopic (exact) mass is 298 g/mol. The van der Waals surface area contributed by atoms with E-state index in [1.54, 1.807) is 19.2 Å². The lowest BCUT2D eigenvalue weighted by atomic mass is 10.0. The van der Waals surface area contributed by atoms with Gasteiger partial charge >= 0.3 is 12.1 Å². The van der Waals surface area contributed by atoms with Crippen LogP contribution in [0.25, 0.3) is 0 Å². The summed E-state index contributed by atoms with van der Waals surface area (Å²) in [5.41, 5.74) is 0. The van der Waals surface area contributed by atoms with Crippen LogP contribution in [-0.4, -0.2) is 42.3 Å². The molecule has 2 unspecified atom stereocenters. The van der Waals surface area contributed by atoms with Gasteiger partial charge in [-0.15, -0.1) is 0 Å². The zero-order valence-electron chi connectivity index (χ0n) is 11.6. The summed E-state index contributed by atoms with van der Waals surface area (Å²) >= 11 is 0. The Hall–Kier alpha value is -1.31.